The van der Waals surface area contributed by atoms with Crippen LogP contribution < -0.4 is 10.2 Å². The third-order valence-electron chi connectivity index (χ3n) is 3.46. The van der Waals surface area contributed by atoms with Crippen molar-refractivity contribution in [3.8, 4) is 5.75 Å². The average Bonchev–Trinajstić information content (AvgIpc) is 2.88. The Labute approximate surface area is 141 Å². The number of carbonyl (C=O) groups is 1. The molecule has 0 unspecified atom stereocenters. The van der Waals surface area contributed by atoms with Crippen LogP contribution in [0.4, 0.5) is 13.2 Å². The van der Waals surface area contributed by atoms with Crippen LogP contribution >= 0.6 is 11.6 Å². The Hall–Kier alpha value is -1.93. The molecule has 1 atom stereocenters. The molecule has 1 aromatic rings. The lowest BCUT2D eigenvalue weighted by Crippen LogP contribution is -2.60. The first-order chi connectivity index (χ1) is 11.1. The Morgan fingerprint density at radius 1 is 1.46 bits per heavy atom. The normalized spacial score (nSPS) is 20.2. The second kappa shape index (κ2) is 6.90. The van der Waals surface area contributed by atoms with Gasteiger partial charge in [-0.05, 0) is 43.2 Å². The van der Waals surface area contributed by atoms with Gasteiger partial charge in [0, 0.05) is 17.6 Å². The van der Waals surface area contributed by atoms with Gasteiger partial charge in [-0.25, -0.2) is 5.01 Å². The van der Waals surface area contributed by atoms with Crippen molar-refractivity contribution >= 4 is 17.5 Å². The van der Waals surface area contributed by atoms with Crippen LogP contribution in [-0.4, -0.2) is 34.5 Å². The van der Waals surface area contributed by atoms with E-state index in [0.29, 0.717) is 16.8 Å². The van der Waals surface area contributed by atoms with Gasteiger partial charge in [-0.15, -0.1) is 0 Å². The molecule has 1 aliphatic heterocycles. The molecular formula is C15H16ClF3N2O3. The van der Waals surface area contributed by atoms with Gasteiger partial charge in [-0.2, -0.15) is 13.2 Å². The molecule has 1 heterocycles. The fourth-order valence-electron chi connectivity index (χ4n) is 2.18. The van der Waals surface area contributed by atoms with E-state index in [1.165, 1.54) is 0 Å². The molecule has 2 N–H and O–H groups in total. The lowest BCUT2D eigenvalue weighted by molar-refractivity contribution is -0.288. The van der Waals surface area contributed by atoms with Crippen LogP contribution in [0.15, 0.2) is 30.5 Å². The number of rotatable bonds is 5. The molecule has 0 fully saturated rings. The first kappa shape index (κ1) is 18.4. The summed E-state index contributed by atoms with van der Waals surface area (Å²) in [5, 5.41) is 10.4. The van der Waals surface area contributed by atoms with Crippen LogP contribution in [0.3, 0.4) is 0 Å². The maximum absolute atomic E-state index is 12.9. The predicted molar refractivity (Wildman–Crippen MR) is 81.0 cm³/mol. The van der Waals surface area contributed by atoms with Crippen molar-refractivity contribution in [3.05, 3.63) is 41.1 Å². The molecule has 2 rings (SSSR count). The van der Waals surface area contributed by atoms with E-state index in [9.17, 15) is 23.1 Å². The van der Waals surface area contributed by atoms with Gasteiger partial charge in [0.25, 0.3) is 5.72 Å². The number of hydrogen-bond donors (Lipinski definition) is 2. The number of nitrogens with zero attached hydrogens (tertiary/aromatic N) is 1. The summed E-state index contributed by atoms with van der Waals surface area (Å²) >= 11 is 5.82. The number of carbonyl (C=O) groups excluding carboxylic acids is 1. The van der Waals surface area contributed by atoms with Gasteiger partial charge in [0.15, 0.2) is 0 Å². The minimum absolute atomic E-state index is 0.139. The number of alkyl halides is 3. The van der Waals surface area contributed by atoms with Crippen molar-refractivity contribution in [1.82, 2.24) is 10.4 Å². The molecule has 0 aromatic heterocycles. The molecule has 0 saturated carbocycles. The molecule has 132 valence electrons. The Kier molecular flexibility index (Phi) is 5.29. The van der Waals surface area contributed by atoms with Crippen LogP contribution in [0.25, 0.3) is 0 Å². The van der Waals surface area contributed by atoms with E-state index in [1.807, 2.05) is 0 Å². The van der Waals surface area contributed by atoms with E-state index < -0.39 is 17.8 Å². The van der Waals surface area contributed by atoms with Crippen LogP contribution in [-0.2, 0) is 4.79 Å². The summed E-state index contributed by atoms with van der Waals surface area (Å²) in [6.45, 7) is 1.94. The van der Waals surface area contributed by atoms with Crippen molar-refractivity contribution < 1.29 is 27.8 Å². The van der Waals surface area contributed by atoms with E-state index >= 15 is 0 Å². The Balaban J connectivity index is 1.85. The largest absolute Gasteiger partial charge is 0.493 e. The highest BCUT2D eigenvalue weighted by atomic mass is 35.5. The number of hydrazine groups is 1. The quantitative estimate of drug-likeness (QED) is 0.789. The second-order valence-electron chi connectivity index (χ2n) is 5.28. The van der Waals surface area contributed by atoms with E-state index in [2.05, 4.69) is 5.43 Å². The lowest BCUT2D eigenvalue weighted by atomic mass is 10.2. The highest BCUT2D eigenvalue weighted by Crippen LogP contribution is 2.36. The zero-order valence-electron chi connectivity index (χ0n) is 12.7. The summed E-state index contributed by atoms with van der Waals surface area (Å²) in [5.41, 5.74) is -0.420. The maximum atomic E-state index is 12.9. The fraction of sp³-hybridized carbons (Fsp3) is 0.400. The number of aryl methyl sites for hydroxylation is 1. The second-order valence-corrected chi connectivity index (χ2v) is 5.71. The number of halogens is 4. The Morgan fingerprint density at radius 3 is 2.79 bits per heavy atom. The average molecular weight is 365 g/mol. The number of ether oxygens (including phenoxy) is 1. The van der Waals surface area contributed by atoms with Gasteiger partial charge in [-0.1, -0.05) is 11.6 Å². The van der Waals surface area contributed by atoms with E-state index in [1.54, 1.807) is 25.1 Å². The van der Waals surface area contributed by atoms with Gasteiger partial charge < -0.3 is 15.3 Å². The van der Waals surface area contributed by atoms with Crippen molar-refractivity contribution in [2.45, 2.75) is 31.7 Å². The minimum Gasteiger partial charge on any atom is -0.493 e. The number of amides is 1. The fourth-order valence-corrected chi connectivity index (χ4v) is 2.40. The Morgan fingerprint density at radius 2 is 2.17 bits per heavy atom. The topological polar surface area (TPSA) is 61.8 Å². The zero-order valence-corrected chi connectivity index (χ0v) is 13.5. The standard InChI is InChI=1S/C15H16ClF3N2O3/c1-10-9-11(16)4-5-12(10)24-8-2-3-13(22)21-14(23,6-7-20-21)15(17,18)19/h4-7,9,20,23H,2-3,8H2,1H3/t14-/m1/s1. The van der Waals surface area contributed by atoms with Crippen molar-refractivity contribution in [3.63, 3.8) is 0 Å². The SMILES string of the molecule is Cc1cc(Cl)ccc1OCCCC(=O)N1NC=C[C@@]1(O)C(F)(F)F. The molecule has 0 radical (unpaired) electrons. The van der Waals surface area contributed by atoms with E-state index in [4.69, 9.17) is 16.3 Å². The smallest absolute Gasteiger partial charge is 0.442 e. The molecule has 24 heavy (non-hydrogen) atoms. The molecule has 0 saturated heterocycles. The minimum atomic E-state index is -5.00. The third kappa shape index (κ3) is 3.76. The van der Waals surface area contributed by atoms with Crippen LogP contribution in [0.1, 0.15) is 18.4 Å². The van der Waals surface area contributed by atoms with Gasteiger partial charge >= 0.3 is 6.18 Å². The number of nitrogens with one attached hydrogen (secondary N) is 1. The zero-order chi connectivity index (χ0) is 18.0. The van der Waals surface area contributed by atoms with Crippen molar-refractivity contribution in [1.29, 1.82) is 0 Å². The van der Waals surface area contributed by atoms with Crippen molar-refractivity contribution in [2.24, 2.45) is 0 Å². The molecule has 9 heteroatoms. The number of aliphatic hydroxyl groups is 1. The number of benzene rings is 1. The van der Waals surface area contributed by atoms with Crippen LogP contribution in [0.5, 0.6) is 5.75 Å². The summed E-state index contributed by atoms with van der Waals surface area (Å²) in [7, 11) is 0. The summed E-state index contributed by atoms with van der Waals surface area (Å²) in [6.07, 6.45) is -3.68. The summed E-state index contributed by atoms with van der Waals surface area (Å²) in [5.74, 6) is -0.309. The molecule has 5 nitrogen and oxygen atoms in total. The van der Waals surface area contributed by atoms with E-state index in [-0.39, 0.29) is 24.5 Å². The molecule has 1 aromatic carbocycles. The van der Waals surface area contributed by atoms with Gasteiger partial charge in [0.1, 0.15) is 5.75 Å². The molecule has 1 amide bonds. The highest BCUT2D eigenvalue weighted by Gasteiger charge is 2.60. The Bertz CT molecular complexity index is 651. The third-order valence-corrected chi connectivity index (χ3v) is 3.69. The molecular weight excluding hydrogens is 349 g/mol. The monoisotopic (exact) mass is 364 g/mol. The van der Waals surface area contributed by atoms with Crippen LogP contribution in [0, 0.1) is 6.92 Å². The predicted octanol–water partition coefficient (Wildman–Crippen LogP) is 2.92. The first-order valence-electron chi connectivity index (χ1n) is 7.10. The number of hydrogen-bond acceptors (Lipinski definition) is 4. The van der Waals surface area contributed by atoms with Gasteiger partial charge in [0.05, 0.1) is 6.61 Å². The summed E-state index contributed by atoms with van der Waals surface area (Å²) < 4.78 is 44.1. The lowest BCUT2D eigenvalue weighted by Gasteiger charge is -2.33. The summed E-state index contributed by atoms with van der Waals surface area (Å²) in [6, 6.07) is 5.04. The maximum Gasteiger partial charge on any atom is 0.442 e. The summed E-state index contributed by atoms with van der Waals surface area (Å²) in [4.78, 5) is 11.9. The molecule has 1 aliphatic rings. The molecule has 0 aliphatic carbocycles. The van der Waals surface area contributed by atoms with E-state index in [0.717, 1.165) is 11.8 Å². The molecule has 0 spiro atoms. The van der Waals surface area contributed by atoms with Gasteiger partial charge in [0.2, 0.25) is 5.91 Å². The first-order valence-corrected chi connectivity index (χ1v) is 7.48. The van der Waals surface area contributed by atoms with Crippen molar-refractivity contribution in [2.75, 3.05) is 6.61 Å². The van der Waals surface area contributed by atoms with Crippen LogP contribution in [0.2, 0.25) is 5.02 Å². The van der Waals surface area contributed by atoms with Gasteiger partial charge in [-0.3, -0.25) is 4.79 Å². The highest BCUT2D eigenvalue weighted by molar-refractivity contribution is 6.30. The molecule has 0 bridgehead atoms.